The van der Waals surface area contributed by atoms with E-state index in [9.17, 15) is 9.59 Å². The summed E-state index contributed by atoms with van der Waals surface area (Å²) in [5.41, 5.74) is 2.26. The molecule has 1 aliphatic carbocycles. The van der Waals surface area contributed by atoms with Crippen LogP contribution in [-0.4, -0.2) is 45.1 Å². The number of benzene rings is 2. The fourth-order valence-electron chi connectivity index (χ4n) is 4.07. The summed E-state index contributed by atoms with van der Waals surface area (Å²) in [5, 5.41) is 2.88. The molecule has 7 heteroatoms. The van der Waals surface area contributed by atoms with E-state index < -0.39 is 0 Å². The summed E-state index contributed by atoms with van der Waals surface area (Å²) < 4.78 is 16.9. The third-order valence-electron chi connectivity index (χ3n) is 5.99. The van der Waals surface area contributed by atoms with Gasteiger partial charge in [-0.15, -0.1) is 0 Å². The van der Waals surface area contributed by atoms with Crippen molar-refractivity contribution in [1.29, 1.82) is 0 Å². The van der Waals surface area contributed by atoms with Crippen molar-refractivity contribution in [2.75, 3.05) is 31.4 Å². The molecule has 2 aromatic rings. The van der Waals surface area contributed by atoms with Crippen molar-refractivity contribution in [3.63, 3.8) is 0 Å². The predicted octanol–water partition coefficient (Wildman–Crippen LogP) is 4.01. The van der Waals surface area contributed by atoms with Gasteiger partial charge in [-0.05, 0) is 61.4 Å². The van der Waals surface area contributed by atoms with Crippen molar-refractivity contribution in [3.8, 4) is 5.75 Å². The zero-order chi connectivity index (χ0) is 22.7. The van der Waals surface area contributed by atoms with Crippen molar-refractivity contribution in [3.05, 3.63) is 66.1 Å². The second kappa shape index (κ2) is 9.44. The Morgan fingerprint density at radius 1 is 1.06 bits per heavy atom. The highest BCUT2D eigenvalue weighted by Crippen LogP contribution is 2.34. The highest BCUT2D eigenvalue weighted by atomic mass is 16.5. The van der Waals surface area contributed by atoms with Crippen LogP contribution in [0.3, 0.4) is 0 Å². The lowest BCUT2D eigenvalue weighted by molar-refractivity contribution is -0.133. The molecule has 2 aromatic carbocycles. The number of anilines is 2. The van der Waals surface area contributed by atoms with E-state index in [0.717, 1.165) is 18.5 Å². The first-order valence-corrected chi connectivity index (χ1v) is 10.7. The quantitative estimate of drug-likeness (QED) is 0.737. The number of hydrogen-bond donors (Lipinski definition) is 1. The minimum Gasteiger partial charge on any atom is -0.493 e. The van der Waals surface area contributed by atoms with Crippen LogP contribution in [0.4, 0.5) is 11.4 Å². The number of nitrogens with zero attached hydrogens (tertiary/aromatic N) is 1. The van der Waals surface area contributed by atoms with Crippen LogP contribution >= 0.6 is 0 Å². The maximum atomic E-state index is 12.8. The number of ketones is 1. The average molecular weight is 437 g/mol. The van der Waals surface area contributed by atoms with Crippen molar-refractivity contribution in [2.24, 2.45) is 5.92 Å². The highest BCUT2D eigenvalue weighted by Gasteiger charge is 2.41. The number of carbonyl (C=O) groups excluding carboxylic acids is 2. The topological polar surface area (TPSA) is 77.1 Å². The third-order valence-corrected chi connectivity index (χ3v) is 5.99. The van der Waals surface area contributed by atoms with Crippen molar-refractivity contribution in [2.45, 2.75) is 31.5 Å². The van der Waals surface area contributed by atoms with Crippen LogP contribution in [0.5, 0.6) is 5.75 Å². The van der Waals surface area contributed by atoms with Gasteiger partial charge in [-0.1, -0.05) is 0 Å². The molecule has 7 nitrogen and oxygen atoms in total. The Bertz CT molecular complexity index is 998. The normalized spacial score (nSPS) is 22.3. The Balaban J connectivity index is 1.37. The van der Waals surface area contributed by atoms with Crippen LogP contribution in [0.1, 0.15) is 29.6 Å². The summed E-state index contributed by atoms with van der Waals surface area (Å²) >= 11 is 0. The molecule has 3 atom stereocenters. The molecule has 0 saturated heterocycles. The van der Waals surface area contributed by atoms with E-state index in [1.54, 1.807) is 31.4 Å². The number of allylic oxidation sites excluding steroid dienone is 1. The SMILES string of the molecule is COC1CCC2C(=O)C(Oc3ccc(C(=O)Nc4ccc(N(C)C)cc4)cc3)=COC2C1. The molecule has 1 fully saturated rings. The summed E-state index contributed by atoms with van der Waals surface area (Å²) in [7, 11) is 5.61. The Kier molecular flexibility index (Phi) is 6.46. The van der Waals surface area contributed by atoms with E-state index in [1.165, 1.54) is 6.26 Å². The molecule has 1 saturated carbocycles. The summed E-state index contributed by atoms with van der Waals surface area (Å²) in [6, 6.07) is 14.3. The first-order chi connectivity index (χ1) is 15.4. The molecular formula is C25H28N2O5. The number of methoxy groups -OCH3 is 1. The van der Waals surface area contributed by atoms with Gasteiger partial charge in [0.15, 0.2) is 0 Å². The smallest absolute Gasteiger partial charge is 0.255 e. The lowest BCUT2D eigenvalue weighted by Crippen LogP contribution is -2.42. The lowest BCUT2D eigenvalue weighted by Gasteiger charge is -2.36. The summed E-state index contributed by atoms with van der Waals surface area (Å²) in [6.45, 7) is 0. The van der Waals surface area contributed by atoms with E-state index in [1.807, 2.05) is 43.3 Å². The van der Waals surface area contributed by atoms with Gasteiger partial charge in [-0.3, -0.25) is 9.59 Å². The molecule has 3 unspecified atom stereocenters. The minimum absolute atomic E-state index is 0.0428. The zero-order valence-electron chi connectivity index (χ0n) is 18.5. The summed E-state index contributed by atoms with van der Waals surface area (Å²) in [6.07, 6.45) is 3.63. The monoisotopic (exact) mass is 436 g/mol. The van der Waals surface area contributed by atoms with Crippen molar-refractivity contribution >= 4 is 23.1 Å². The van der Waals surface area contributed by atoms with E-state index in [4.69, 9.17) is 14.2 Å². The fraction of sp³-hybridized carbons (Fsp3) is 0.360. The number of amides is 1. The standard InChI is InChI=1S/C25H28N2O5/c1-27(2)18-8-6-17(7-9-18)26-25(29)16-4-10-19(11-5-16)32-23-15-31-22-14-20(30-3)12-13-21(22)24(23)28/h4-11,15,20-22H,12-14H2,1-3H3,(H,26,29). The van der Waals surface area contributed by atoms with Gasteiger partial charge in [0.25, 0.3) is 5.91 Å². The Morgan fingerprint density at radius 2 is 1.78 bits per heavy atom. The lowest BCUT2D eigenvalue weighted by atomic mass is 9.80. The molecule has 2 aliphatic rings. The number of carbonyl (C=O) groups is 2. The Hall–Kier alpha value is -3.32. The van der Waals surface area contributed by atoms with E-state index in [2.05, 4.69) is 5.32 Å². The number of fused-ring (bicyclic) bond motifs is 1. The number of Topliss-reactive ketones (excluding diaryl/α,β-unsaturated/α-hetero) is 1. The average Bonchev–Trinajstić information content (AvgIpc) is 2.81. The van der Waals surface area contributed by atoms with Crippen LogP contribution < -0.4 is 15.0 Å². The zero-order valence-corrected chi connectivity index (χ0v) is 18.5. The molecule has 1 amide bonds. The second-order valence-electron chi connectivity index (χ2n) is 8.32. The molecule has 0 spiro atoms. The molecule has 1 heterocycles. The molecule has 168 valence electrons. The Labute approximate surface area is 188 Å². The first kappa shape index (κ1) is 21.9. The molecule has 32 heavy (non-hydrogen) atoms. The predicted molar refractivity (Wildman–Crippen MR) is 122 cm³/mol. The van der Waals surface area contributed by atoms with Gasteiger partial charge in [0.05, 0.1) is 12.0 Å². The number of hydrogen-bond acceptors (Lipinski definition) is 6. The number of nitrogens with one attached hydrogen (secondary N) is 1. The van der Waals surface area contributed by atoms with E-state index in [0.29, 0.717) is 23.4 Å². The second-order valence-corrected chi connectivity index (χ2v) is 8.32. The number of ether oxygens (including phenoxy) is 3. The van der Waals surface area contributed by atoms with Crippen LogP contribution in [0.25, 0.3) is 0 Å². The number of rotatable bonds is 6. The Morgan fingerprint density at radius 3 is 2.44 bits per heavy atom. The summed E-state index contributed by atoms with van der Waals surface area (Å²) in [4.78, 5) is 27.4. The highest BCUT2D eigenvalue weighted by molar-refractivity contribution is 6.04. The summed E-state index contributed by atoms with van der Waals surface area (Å²) in [5.74, 6) is 0.205. The van der Waals surface area contributed by atoms with Gasteiger partial charge >= 0.3 is 0 Å². The maximum Gasteiger partial charge on any atom is 0.255 e. The molecular weight excluding hydrogens is 408 g/mol. The van der Waals surface area contributed by atoms with Crippen LogP contribution in [-0.2, 0) is 14.3 Å². The van der Waals surface area contributed by atoms with Gasteiger partial charge < -0.3 is 24.4 Å². The van der Waals surface area contributed by atoms with Crippen LogP contribution in [0.15, 0.2) is 60.6 Å². The van der Waals surface area contributed by atoms with Crippen molar-refractivity contribution in [1.82, 2.24) is 0 Å². The minimum atomic E-state index is -0.219. The van der Waals surface area contributed by atoms with Gasteiger partial charge in [-0.2, -0.15) is 0 Å². The molecule has 0 aromatic heterocycles. The van der Waals surface area contributed by atoms with Gasteiger partial charge in [0.2, 0.25) is 11.5 Å². The third kappa shape index (κ3) is 4.78. The molecule has 4 rings (SSSR count). The largest absolute Gasteiger partial charge is 0.493 e. The van der Waals surface area contributed by atoms with E-state index in [-0.39, 0.29) is 35.6 Å². The van der Waals surface area contributed by atoms with Gasteiger partial charge in [0, 0.05) is 44.6 Å². The molecule has 1 aliphatic heterocycles. The van der Waals surface area contributed by atoms with E-state index >= 15 is 0 Å². The molecule has 0 bridgehead atoms. The van der Waals surface area contributed by atoms with Gasteiger partial charge in [0.1, 0.15) is 18.1 Å². The first-order valence-electron chi connectivity index (χ1n) is 10.7. The van der Waals surface area contributed by atoms with Gasteiger partial charge in [-0.25, -0.2) is 0 Å². The fourth-order valence-corrected chi connectivity index (χ4v) is 4.07. The van der Waals surface area contributed by atoms with Crippen LogP contribution in [0.2, 0.25) is 0 Å². The van der Waals surface area contributed by atoms with Crippen LogP contribution in [0, 0.1) is 5.92 Å². The molecule has 0 radical (unpaired) electrons. The maximum absolute atomic E-state index is 12.8. The van der Waals surface area contributed by atoms with Crippen molar-refractivity contribution < 1.29 is 23.8 Å². The molecule has 1 N–H and O–H groups in total.